The minimum atomic E-state index is 0.0960. The van der Waals surface area contributed by atoms with E-state index in [0.29, 0.717) is 17.4 Å². The van der Waals surface area contributed by atoms with Gasteiger partial charge in [-0.2, -0.15) is 5.10 Å². The maximum atomic E-state index is 13.1. The van der Waals surface area contributed by atoms with Gasteiger partial charge >= 0.3 is 0 Å². The lowest BCUT2D eigenvalue weighted by molar-refractivity contribution is 0.0791. The molecule has 0 unspecified atom stereocenters. The monoisotopic (exact) mass is 415 g/mol. The molecular weight excluding hydrogens is 390 g/mol. The first-order valence-corrected chi connectivity index (χ1v) is 11.1. The first-order chi connectivity index (χ1) is 15.2. The van der Waals surface area contributed by atoms with Crippen molar-refractivity contribution in [2.75, 3.05) is 20.2 Å². The van der Waals surface area contributed by atoms with Gasteiger partial charge in [0.05, 0.1) is 30.3 Å². The van der Waals surface area contributed by atoms with Crippen LogP contribution < -0.4 is 4.74 Å². The van der Waals surface area contributed by atoms with Crippen LogP contribution in [0.4, 0.5) is 0 Å². The fraction of sp³-hybridized carbons (Fsp3) is 0.417. The molecule has 1 saturated heterocycles. The number of ether oxygens (including phenoxy) is 1. The lowest BCUT2D eigenvalue weighted by Crippen LogP contribution is -2.28. The van der Waals surface area contributed by atoms with Crippen molar-refractivity contribution in [3.05, 3.63) is 53.0 Å². The Labute approximate surface area is 181 Å². The third kappa shape index (κ3) is 3.10. The number of carbonyl (C=O) groups excluding carboxylic acids is 1. The maximum Gasteiger partial charge on any atom is 0.257 e. The molecule has 2 aromatic heterocycles. The normalized spacial score (nSPS) is 17.4. The summed E-state index contributed by atoms with van der Waals surface area (Å²) in [5, 5.41) is 4.60. The van der Waals surface area contributed by atoms with E-state index in [2.05, 4.69) is 22.2 Å². The average molecular weight is 415 g/mol. The predicted molar refractivity (Wildman–Crippen MR) is 116 cm³/mol. The number of fused-ring (bicyclic) bond motifs is 3. The van der Waals surface area contributed by atoms with Crippen LogP contribution in [-0.4, -0.2) is 50.8 Å². The molecule has 0 spiro atoms. The van der Waals surface area contributed by atoms with Crippen LogP contribution in [0.15, 0.2) is 30.6 Å². The fourth-order valence-electron chi connectivity index (χ4n) is 4.83. The second-order valence-corrected chi connectivity index (χ2v) is 8.70. The number of hydrogen-bond acceptors (Lipinski definition) is 5. The van der Waals surface area contributed by atoms with Crippen LogP contribution in [0.3, 0.4) is 0 Å². The standard InChI is InChI=1S/C24H25N5O2/c1-31-18-9-8-15-4-7-17-13-25-24(27-21(17)19(15)12-18)29-22(16-5-6-16)20(14-26-29)23(30)28-10-2-3-11-28/h8-9,12-14,16H,2-7,10-11H2,1H3. The molecule has 31 heavy (non-hydrogen) atoms. The van der Waals surface area contributed by atoms with Gasteiger partial charge in [0.1, 0.15) is 5.75 Å². The Kier molecular flexibility index (Phi) is 4.30. The van der Waals surface area contributed by atoms with E-state index in [1.807, 2.05) is 17.2 Å². The predicted octanol–water partition coefficient (Wildman–Crippen LogP) is 3.55. The third-order valence-electron chi connectivity index (χ3n) is 6.67. The number of hydrogen-bond donors (Lipinski definition) is 0. The number of nitrogens with zero attached hydrogens (tertiary/aromatic N) is 5. The molecule has 0 radical (unpaired) electrons. The highest BCUT2D eigenvalue weighted by Crippen LogP contribution is 2.43. The largest absolute Gasteiger partial charge is 0.497 e. The lowest BCUT2D eigenvalue weighted by Gasteiger charge is -2.20. The number of benzene rings is 1. The lowest BCUT2D eigenvalue weighted by atomic mass is 9.90. The zero-order chi connectivity index (χ0) is 20.9. The van der Waals surface area contributed by atoms with Gasteiger partial charge in [-0.05, 0) is 61.8 Å². The van der Waals surface area contributed by atoms with E-state index in [1.54, 1.807) is 18.0 Å². The van der Waals surface area contributed by atoms with Gasteiger partial charge in [-0.25, -0.2) is 14.6 Å². The van der Waals surface area contributed by atoms with Crippen LogP contribution >= 0.6 is 0 Å². The molecular formula is C24H25N5O2. The van der Waals surface area contributed by atoms with E-state index in [-0.39, 0.29) is 5.91 Å². The van der Waals surface area contributed by atoms with Gasteiger partial charge in [-0.3, -0.25) is 4.79 Å². The first-order valence-electron chi connectivity index (χ1n) is 11.1. The molecule has 1 amide bonds. The number of amides is 1. The maximum absolute atomic E-state index is 13.1. The molecule has 1 saturated carbocycles. The molecule has 7 nitrogen and oxygen atoms in total. The smallest absolute Gasteiger partial charge is 0.257 e. The highest BCUT2D eigenvalue weighted by atomic mass is 16.5. The number of methoxy groups -OCH3 is 1. The summed E-state index contributed by atoms with van der Waals surface area (Å²) in [6.07, 6.45) is 9.84. The van der Waals surface area contributed by atoms with Gasteiger partial charge in [-0.1, -0.05) is 6.07 Å². The van der Waals surface area contributed by atoms with E-state index in [4.69, 9.17) is 9.72 Å². The van der Waals surface area contributed by atoms with Gasteiger partial charge in [-0.15, -0.1) is 0 Å². The Morgan fingerprint density at radius 3 is 2.68 bits per heavy atom. The molecule has 2 aliphatic carbocycles. The highest BCUT2D eigenvalue weighted by Gasteiger charge is 2.35. The summed E-state index contributed by atoms with van der Waals surface area (Å²) < 4.78 is 7.25. The topological polar surface area (TPSA) is 73.1 Å². The SMILES string of the molecule is COc1ccc2c(c1)-c1nc(-n3ncc(C(=O)N4CCCC4)c3C3CC3)ncc1CC2. The Bertz CT molecular complexity index is 1170. The number of likely N-dealkylation sites (tertiary alicyclic amines) is 1. The van der Waals surface area contributed by atoms with E-state index < -0.39 is 0 Å². The Hall–Kier alpha value is -3.22. The van der Waals surface area contributed by atoms with Crippen LogP contribution in [0, 0.1) is 0 Å². The molecule has 3 aromatic rings. The Morgan fingerprint density at radius 1 is 1.10 bits per heavy atom. The Morgan fingerprint density at radius 2 is 1.90 bits per heavy atom. The fourth-order valence-corrected chi connectivity index (χ4v) is 4.83. The van der Waals surface area contributed by atoms with Gasteiger partial charge < -0.3 is 9.64 Å². The second-order valence-electron chi connectivity index (χ2n) is 8.70. The first kappa shape index (κ1) is 18.5. The summed E-state index contributed by atoms with van der Waals surface area (Å²) in [5.74, 6) is 1.81. The minimum absolute atomic E-state index is 0.0960. The molecule has 6 rings (SSSR count). The van der Waals surface area contributed by atoms with Gasteiger partial charge in [0.15, 0.2) is 0 Å². The van der Waals surface area contributed by atoms with Crippen LogP contribution in [-0.2, 0) is 12.8 Å². The highest BCUT2D eigenvalue weighted by molar-refractivity contribution is 5.95. The molecule has 1 aromatic carbocycles. The van der Waals surface area contributed by atoms with Crippen molar-refractivity contribution in [1.82, 2.24) is 24.6 Å². The molecule has 0 bridgehead atoms. The van der Waals surface area contributed by atoms with Crippen LogP contribution in [0.1, 0.15) is 58.8 Å². The van der Waals surface area contributed by atoms with Crippen molar-refractivity contribution in [2.24, 2.45) is 0 Å². The third-order valence-corrected chi connectivity index (χ3v) is 6.67. The Balaban J connectivity index is 1.44. The second kappa shape index (κ2) is 7.18. The average Bonchev–Trinajstić information content (AvgIpc) is 3.32. The van der Waals surface area contributed by atoms with Gasteiger partial charge in [0, 0.05) is 30.8 Å². The van der Waals surface area contributed by atoms with Crippen molar-refractivity contribution < 1.29 is 9.53 Å². The minimum Gasteiger partial charge on any atom is -0.497 e. The van der Waals surface area contributed by atoms with Crippen molar-refractivity contribution in [1.29, 1.82) is 0 Å². The molecule has 2 fully saturated rings. The van der Waals surface area contributed by atoms with Crippen LogP contribution in [0.25, 0.3) is 17.2 Å². The summed E-state index contributed by atoms with van der Waals surface area (Å²) in [7, 11) is 1.68. The number of rotatable bonds is 4. The quantitative estimate of drug-likeness (QED) is 0.652. The van der Waals surface area contributed by atoms with E-state index in [0.717, 1.165) is 79.9 Å². The van der Waals surface area contributed by atoms with E-state index >= 15 is 0 Å². The molecule has 1 aliphatic heterocycles. The summed E-state index contributed by atoms with van der Waals surface area (Å²) in [4.78, 5) is 24.7. The van der Waals surface area contributed by atoms with Crippen molar-refractivity contribution in [3.63, 3.8) is 0 Å². The number of aryl methyl sites for hydroxylation is 2. The molecule has 158 valence electrons. The molecule has 3 heterocycles. The molecule has 3 aliphatic rings. The summed E-state index contributed by atoms with van der Waals surface area (Å²) >= 11 is 0. The summed E-state index contributed by atoms with van der Waals surface area (Å²) in [6, 6.07) is 6.17. The molecule has 7 heteroatoms. The van der Waals surface area contributed by atoms with Crippen LogP contribution in [0.5, 0.6) is 5.75 Å². The van der Waals surface area contributed by atoms with Crippen molar-refractivity contribution in [2.45, 2.75) is 44.4 Å². The zero-order valence-electron chi connectivity index (χ0n) is 17.7. The van der Waals surface area contributed by atoms with Gasteiger partial charge in [0.2, 0.25) is 0 Å². The van der Waals surface area contributed by atoms with Crippen molar-refractivity contribution >= 4 is 5.91 Å². The molecule has 0 N–H and O–H groups in total. The van der Waals surface area contributed by atoms with E-state index in [9.17, 15) is 4.79 Å². The number of aromatic nitrogens is 4. The zero-order valence-corrected chi connectivity index (χ0v) is 17.7. The van der Waals surface area contributed by atoms with Crippen molar-refractivity contribution in [3.8, 4) is 23.0 Å². The van der Waals surface area contributed by atoms with Gasteiger partial charge in [0.25, 0.3) is 11.9 Å². The number of carbonyl (C=O) groups is 1. The summed E-state index contributed by atoms with van der Waals surface area (Å²) in [5.41, 5.74) is 6.13. The summed E-state index contributed by atoms with van der Waals surface area (Å²) in [6.45, 7) is 1.67. The molecule has 0 atom stereocenters. The van der Waals surface area contributed by atoms with E-state index in [1.165, 1.54) is 5.56 Å². The van der Waals surface area contributed by atoms with Crippen LogP contribution in [0.2, 0.25) is 0 Å².